The van der Waals surface area contributed by atoms with Gasteiger partial charge in [-0.1, -0.05) is 48.6 Å². The van der Waals surface area contributed by atoms with E-state index in [1.54, 1.807) is 0 Å². The van der Waals surface area contributed by atoms with Gasteiger partial charge in [-0.2, -0.15) is 0 Å². The molecule has 0 saturated carbocycles. The van der Waals surface area contributed by atoms with Gasteiger partial charge in [-0.3, -0.25) is 10.1 Å². The third-order valence-corrected chi connectivity index (χ3v) is 3.46. The molecule has 1 aromatic heterocycles. The second-order valence-corrected chi connectivity index (χ2v) is 5.05. The number of nitrogens with one attached hydrogen (secondary N) is 2. The van der Waals surface area contributed by atoms with E-state index in [9.17, 15) is 4.79 Å². The van der Waals surface area contributed by atoms with Gasteiger partial charge in [-0.15, -0.1) is 10.2 Å². The number of benzene rings is 1. The molecule has 0 fully saturated rings. The fourth-order valence-electron chi connectivity index (χ4n) is 1.53. The highest BCUT2D eigenvalue weighted by Gasteiger charge is 2.06. The Bertz CT molecular complexity index is 526. The van der Waals surface area contributed by atoms with Gasteiger partial charge in [-0.05, 0) is 12.0 Å². The molecule has 0 aliphatic heterocycles. The predicted molar refractivity (Wildman–Crippen MR) is 76.1 cm³/mol. The van der Waals surface area contributed by atoms with Gasteiger partial charge < -0.3 is 5.32 Å². The molecule has 0 bridgehead atoms. The van der Waals surface area contributed by atoms with Crippen molar-refractivity contribution in [1.82, 2.24) is 15.5 Å². The van der Waals surface area contributed by atoms with Crippen molar-refractivity contribution in [3.05, 3.63) is 40.9 Å². The highest BCUT2D eigenvalue weighted by atomic mass is 32.1. The molecule has 5 nitrogen and oxygen atoms in total. The van der Waals surface area contributed by atoms with E-state index in [1.807, 2.05) is 37.3 Å². The molecule has 1 aromatic carbocycles. The number of anilines is 1. The van der Waals surface area contributed by atoms with Crippen molar-refractivity contribution >= 4 is 22.4 Å². The van der Waals surface area contributed by atoms with Crippen molar-refractivity contribution in [3.63, 3.8) is 0 Å². The summed E-state index contributed by atoms with van der Waals surface area (Å²) in [5.41, 5.74) is 1.15. The van der Waals surface area contributed by atoms with Crippen LogP contribution in [0.5, 0.6) is 0 Å². The van der Waals surface area contributed by atoms with Crippen molar-refractivity contribution in [1.29, 1.82) is 0 Å². The van der Waals surface area contributed by atoms with Crippen LogP contribution in [0.15, 0.2) is 30.3 Å². The van der Waals surface area contributed by atoms with Crippen LogP contribution >= 0.6 is 11.3 Å². The SMILES string of the molecule is CCc1nnc(NC(=O)CNCc2ccccc2)s1. The maximum atomic E-state index is 11.7. The average molecular weight is 276 g/mol. The average Bonchev–Trinajstić information content (AvgIpc) is 2.87. The van der Waals surface area contributed by atoms with Crippen molar-refractivity contribution in [2.24, 2.45) is 0 Å². The van der Waals surface area contributed by atoms with Crippen LogP contribution in [0, 0.1) is 0 Å². The van der Waals surface area contributed by atoms with E-state index in [4.69, 9.17) is 0 Å². The summed E-state index contributed by atoms with van der Waals surface area (Å²) >= 11 is 1.41. The fraction of sp³-hybridized carbons (Fsp3) is 0.308. The Balaban J connectivity index is 1.73. The molecular weight excluding hydrogens is 260 g/mol. The predicted octanol–water partition coefficient (Wildman–Crippen LogP) is 1.83. The summed E-state index contributed by atoms with van der Waals surface area (Å²) in [6.45, 7) is 2.94. The zero-order chi connectivity index (χ0) is 13.5. The van der Waals surface area contributed by atoms with E-state index in [0.29, 0.717) is 11.7 Å². The van der Waals surface area contributed by atoms with E-state index in [1.165, 1.54) is 11.3 Å². The highest BCUT2D eigenvalue weighted by Crippen LogP contribution is 2.14. The van der Waals surface area contributed by atoms with Crippen LogP contribution in [0.2, 0.25) is 0 Å². The number of nitrogens with zero attached hydrogens (tertiary/aromatic N) is 2. The van der Waals surface area contributed by atoms with Gasteiger partial charge in [0.05, 0.1) is 6.54 Å². The summed E-state index contributed by atoms with van der Waals surface area (Å²) in [7, 11) is 0. The molecule has 0 atom stereocenters. The van der Waals surface area contributed by atoms with Crippen LogP contribution in [0.3, 0.4) is 0 Å². The fourth-order valence-corrected chi connectivity index (χ4v) is 2.22. The third-order valence-electron chi connectivity index (χ3n) is 2.47. The number of aromatic nitrogens is 2. The molecule has 0 spiro atoms. The Hall–Kier alpha value is -1.79. The molecule has 2 aromatic rings. The summed E-state index contributed by atoms with van der Waals surface area (Å²) in [6.07, 6.45) is 0.833. The summed E-state index contributed by atoms with van der Waals surface area (Å²) in [5, 5.41) is 15.1. The summed E-state index contributed by atoms with van der Waals surface area (Å²) < 4.78 is 0. The molecule has 100 valence electrons. The second kappa shape index (κ2) is 6.96. The molecular formula is C13H16N4OS. The van der Waals surface area contributed by atoms with Gasteiger partial charge in [-0.25, -0.2) is 0 Å². The number of aryl methyl sites for hydroxylation is 1. The van der Waals surface area contributed by atoms with Crippen LogP contribution in [0.1, 0.15) is 17.5 Å². The van der Waals surface area contributed by atoms with Gasteiger partial charge >= 0.3 is 0 Å². The largest absolute Gasteiger partial charge is 0.304 e. The molecule has 2 N–H and O–H groups in total. The molecule has 0 aliphatic carbocycles. The van der Waals surface area contributed by atoms with E-state index >= 15 is 0 Å². The van der Waals surface area contributed by atoms with E-state index in [-0.39, 0.29) is 12.5 Å². The first-order valence-corrected chi connectivity index (χ1v) is 6.96. The molecule has 0 aliphatic rings. The van der Waals surface area contributed by atoms with Crippen LogP contribution in [-0.2, 0) is 17.8 Å². The smallest absolute Gasteiger partial charge is 0.240 e. The minimum Gasteiger partial charge on any atom is -0.304 e. The maximum Gasteiger partial charge on any atom is 0.240 e. The van der Waals surface area contributed by atoms with Gasteiger partial charge in [0, 0.05) is 6.54 Å². The van der Waals surface area contributed by atoms with Crippen LogP contribution < -0.4 is 10.6 Å². The Kier molecular flexibility index (Phi) is 5.00. The second-order valence-electron chi connectivity index (χ2n) is 3.99. The van der Waals surface area contributed by atoms with Crippen LogP contribution in [0.4, 0.5) is 5.13 Å². The van der Waals surface area contributed by atoms with Crippen molar-refractivity contribution < 1.29 is 4.79 Å². The van der Waals surface area contributed by atoms with Crippen molar-refractivity contribution in [3.8, 4) is 0 Å². The first-order valence-electron chi connectivity index (χ1n) is 6.15. The van der Waals surface area contributed by atoms with Crippen molar-refractivity contribution in [2.45, 2.75) is 19.9 Å². The first-order chi connectivity index (χ1) is 9.28. The molecule has 2 rings (SSSR count). The minimum atomic E-state index is -0.102. The lowest BCUT2D eigenvalue weighted by Gasteiger charge is -2.04. The number of carbonyl (C=O) groups is 1. The van der Waals surface area contributed by atoms with E-state index < -0.39 is 0 Å². The Morgan fingerprint density at radius 3 is 2.74 bits per heavy atom. The summed E-state index contributed by atoms with van der Waals surface area (Å²) in [4.78, 5) is 11.7. The minimum absolute atomic E-state index is 0.102. The lowest BCUT2D eigenvalue weighted by molar-refractivity contribution is -0.115. The third kappa shape index (κ3) is 4.42. The molecule has 0 saturated heterocycles. The van der Waals surface area contributed by atoms with Crippen LogP contribution in [-0.4, -0.2) is 22.6 Å². The number of carbonyl (C=O) groups excluding carboxylic acids is 1. The normalized spacial score (nSPS) is 10.4. The van der Waals surface area contributed by atoms with Gasteiger partial charge in [0.2, 0.25) is 11.0 Å². The maximum absolute atomic E-state index is 11.7. The number of hydrogen-bond donors (Lipinski definition) is 2. The molecule has 19 heavy (non-hydrogen) atoms. The number of rotatable bonds is 6. The lowest BCUT2D eigenvalue weighted by Crippen LogP contribution is -2.27. The Labute approximate surface area is 116 Å². The quantitative estimate of drug-likeness (QED) is 0.844. The first kappa shape index (κ1) is 13.6. The highest BCUT2D eigenvalue weighted by molar-refractivity contribution is 7.15. The topological polar surface area (TPSA) is 66.9 Å². The molecule has 0 unspecified atom stereocenters. The number of amides is 1. The molecule has 0 radical (unpaired) electrons. The zero-order valence-electron chi connectivity index (χ0n) is 10.7. The Morgan fingerprint density at radius 2 is 2.05 bits per heavy atom. The van der Waals surface area contributed by atoms with Gasteiger partial charge in [0.1, 0.15) is 5.01 Å². The molecule has 1 heterocycles. The van der Waals surface area contributed by atoms with Gasteiger partial charge in [0.25, 0.3) is 0 Å². The standard InChI is InChI=1S/C13H16N4OS/c1-2-12-16-17-13(19-12)15-11(18)9-14-8-10-6-4-3-5-7-10/h3-7,14H,2,8-9H2,1H3,(H,15,17,18). The van der Waals surface area contributed by atoms with Crippen molar-refractivity contribution in [2.75, 3.05) is 11.9 Å². The number of hydrogen-bond acceptors (Lipinski definition) is 5. The van der Waals surface area contributed by atoms with E-state index in [0.717, 1.165) is 17.0 Å². The Morgan fingerprint density at radius 1 is 1.26 bits per heavy atom. The van der Waals surface area contributed by atoms with Crippen LogP contribution in [0.25, 0.3) is 0 Å². The molecule has 6 heteroatoms. The monoisotopic (exact) mass is 276 g/mol. The zero-order valence-corrected chi connectivity index (χ0v) is 11.5. The summed E-state index contributed by atoms with van der Waals surface area (Å²) in [6, 6.07) is 9.96. The van der Waals surface area contributed by atoms with Gasteiger partial charge in [0.15, 0.2) is 0 Å². The van der Waals surface area contributed by atoms with E-state index in [2.05, 4.69) is 20.8 Å². The summed E-state index contributed by atoms with van der Waals surface area (Å²) in [5.74, 6) is -0.102. The molecule has 1 amide bonds. The lowest BCUT2D eigenvalue weighted by atomic mass is 10.2.